The highest BCUT2D eigenvalue weighted by molar-refractivity contribution is 9.10. The molecular weight excluding hydrogens is 410 g/mol. The average molecular weight is 424 g/mol. The third kappa shape index (κ3) is 4.22. The van der Waals surface area contributed by atoms with Crippen LogP contribution in [-0.2, 0) is 0 Å². The molecule has 3 rings (SSSR count). The lowest BCUT2D eigenvalue weighted by molar-refractivity contribution is 0.412. The van der Waals surface area contributed by atoms with E-state index >= 15 is 0 Å². The van der Waals surface area contributed by atoms with Gasteiger partial charge in [-0.3, -0.25) is 9.78 Å². The first-order chi connectivity index (χ1) is 13.1. The minimum atomic E-state index is -0.531. The Hall–Kier alpha value is -3.44. The van der Waals surface area contributed by atoms with Crippen LogP contribution in [0.5, 0.6) is 5.75 Å². The van der Waals surface area contributed by atoms with E-state index in [2.05, 4.69) is 36.4 Å². The fourth-order valence-electron chi connectivity index (χ4n) is 2.37. The van der Waals surface area contributed by atoms with Gasteiger partial charge in [-0.2, -0.15) is 10.4 Å². The Balaban J connectivity index is 1.88. The number of nitrogens with zero attached hydrogens (tertiary/aromatic N) is 3. The van der Waals surface area contributed by atoms with Crippen LogP contribution in [0.1, 0.15) is 11.1 Å². The number of halogens is 1. The molecule has 0 amide bonds. The molecule has 0 aliphatic carbocycles. The number of H-pyrrole nitrogens is 1. The van der Waals surface area contributed by atoms with Crippen molar-refractivity contribution < 1.29 is 4.74 Å². The lowest BCUT2D eigenvalue weighted by atomic mass is 10.1. The zero-order valence-electron chi connectivity index (χ0n) is 14.2. The minimum Gasteiger partial charge on any atom is -0.496 e. The summed E-state index contributed by atoms with van der Waals surface area (Å²) in [7, 11) is 1.59. The molecule has 8 heteroatoms. The molecule has 27 heavy (non-hydrogen) atoms. The van der Waals surface area contributed by atoms with E-state index in [-0.39, 0.29) is 11.5 Å². The van der Waals surface area contributed by atoms with Gasteiger partial charge in [0.25, 0.3) is 5.56 Å². The number of aromatic nitrogens is 2. The molecule has 7 nitrogen and oxygen atoms in total. The van der Waals surface area contributed by atoms with Crippen molar-refractivity contribution in [2.24, 2.45) is 5.10 Å². The maximum atomic E-state index is 12.2. The molecular formula is C19H14BrN5O2. The summed E-state index contributed by atoms with van der Waals surface area (Å²) in [6, 6.07) is 16.4. The van der Waals surface area contributed by atoms with Gasteiger partial charge in [0.2, 0.25) is 5.95 Å². The molecule has 2 N–H and O–H groups in total. The van der Waals surface area contributed by atoms with Crippen LogP contribution in [0.2, 0.25) is 0 Å². The van der Waals surface area contributed by atoms with E-state index < -0.39 is 5.56 Å². The number of nitrogens with one attached hydrogen (secondary N) is 2. The third-order valence-corrected chi connectivity index (χ3v) is 4.26. The predicted molar refractivity (Wildman–Crippen MR) is 107 cm³/mol. The molecule has 3 aromatic rings. The highest BCUT2D eigenvalue weighted by atomic mass is 79.9. The molecule has 0 saturated carbocycles. The van der Waals surface area contributed by atoms with E-state index in [9.17, 15) is 10.1 Å². The normalized spacial score (nSPS) is 10.6. The summed E-state index contributed by atoms with van der Waals surface area (Å²) in [5.74, 6) is 0.854. The van der Waals surface area contributed by atoms with Gasteiger partial charge in [0.15, 0.2) is 0 Å². The monoisotopic (exact) mass is 423 g/mol. The van der Waals surface area contributed by atoms with E-state index in [1.165, 1.54) is 0 Å². The Labute approximate surface area is 163 Å². The molecule has 0 spiro atoms. The van der Waals surface area contributed by atoms with Gasteiger partial charge >= 0.3 is 0 Å². The molecule has 0 aliphatic heterocycles. The molecule has 1 aromatic heterocycles. The topological polar surface area (TPSA) is 103 Å². The average Bonchev–Trinajstić information content (AvgIpc) is 2.68. The Morgan fingerprint density at radius 2 is 2.07 bits per heavy atom. The number of hydrogen-bond acceptors (Lipinski definition) is 6. The predicted octanol–water partition coefficient (Wildman–Crippen LogP) is 3.53. The fourth-order valence-corrected chi connectivity index (χ4v) is 2.92. The second kappa shape index (κ2) is 8.29. The SMILES string of the molecule is COc1ccc(C=NNc2nc(-c3ccccc3)c(C#N)c(=O)[nH]2)cc1Br. The molecule has 0 bridgehead atoms. The maximum absolute atomic E-state index is 12.2. The van der Waals surface area contributed by atoms with Gasteiger partial charge in [-0.15, -0.1) is 0 Å². The summed E-state index contributed by atoms with van der Waals surface area (Å²) in [5.41, 5.74) is 3.90. The summed E-state index contributed by atoms with van der Waals surface area (Å²) >= 11 is 3.41. The molecule has 1 heterocycles. The van der Waals surface area contributed by atoms with E-state index in [1.807, 2.05) is 36.4 Å². The Bertz CT molecular complexity index is 1090. The molecule has 0 unspecified atom stereocenters. The number of hydrazone groups is 1. The Morgan fingerprint density at radius 3 is 2.74 bits per heavy atom. The van der Waals surface area contributed by atoms with Crippen LogP contribution in [0.4, 0.5) is 5.95 Å². The largest absolute Gasteiger partial charge is 0.496 e. The van der Waals surface area contributed by atoms with Crippen LogP contribution < -0.4 is 15.7 Å². The molecule has 2 aromatic carbocycles. The van der Waals surface area contributed by atoms with Crippen LogP contribution >= 0.6 is 15.9 Å². The number of nitriles is 1. The van der Waals surface area contributed by atoms with Crippen molar-refractivity contribution in [3.05, 3.63) is 74.5 Å². The van der Waals surface area contributed by atoms with Crippen LogP contribution in [0.3, 0.4) is 0 Å². The molecule has 0 fully saturated rings. The van der Waals surface area contributed by atoms with Crippen molar-refractivity contribution >= 4 is 28.1 Å². The second-order valence-corrected chi connectivity index (χ2v) is 6.23. The molecule has 0 radical (unpaired) electrons. The van der Waals surface area contributed by atoms with E-state index in [0.717, 1.165) is 10.0 Å². The standard InChI is InChI=1S/C19H14BrN5O2/c1-27-16-8-7-12(9-15(16)20)11-22-25-19-23-17(13-5-3-2-4-6-13)14(10-21)18(26)24-19/h2-9,11H,1H3,(H2,23,24,25,26). The molecule has 0 aliphatic rings. The van der Waals surface area contributed by atoms with E-state index in [0.29, 0.717) is 17.0 Å². The van der Waals surface area contributed by atoms with Crippen LogP contribution in [0, 0.1) is 11.3 Å². The smallest absolute Gasteiger partial charge is 0.270 e. The molecule has 0 atom stereocenters. The van der Waals surface area contributed by atoms with Crippen LogP contribution in [0.15, 0.2) is 62.9 Å². The zero-order chi connectivity index (χ0) is 19.2. The molecule has 0 saturated heterocycles. The first-order valence-corrected chi connectivity index (χ1v) is 8.64. The number of rotatable bonds is 5. The summed E-state index contributed by atoms with van der Waals surface area (Å²) < 4.78 is 5.98. The number of benzene rings is 2. The lowest BCUT2D eigenvalue weighted by Crippen LogP contribution is -2.16. The van der Waals surface area contributed by atoms with Crippen molar-refractivity contribution in [1.29, 1.82) is 5.26 Å². The van der Waals surface area contributed by atoms with Crippen molar-refractivity contribution in [2.75, 3.05) is 12.5 Å². The van der Waals surface area contributed by atoms with Gasteiger partial charge < -0.3 is 4.74 Å². The van der Waals surface area contributed by atoms with Crippen LogP contribution in [-0.4, -0.2) is 23.3 Å². The number of hydrogen-bond donors (Lipinski definition) is 2. The summed E-state index contributed by atoms with van der Waals surface area (Å²) in [5, 5.41) is 13.4. The van der Waals surface area contributed by atoms with Crippen molar-refractivity contribution in [3.63, 3.8) is 0 Å². The van der Waals surface area contributed by atoms with Crippen LogP contribution in [0.25, 0.3) is 11.3 Å². The number of methoxy groups -OCH3 is 1. The summed E-state index contributed by atoms with van der Waals surface area (Å²) in [6.45, 7) is 0. The Morgan fingerprint density at radius 1 is 1.30 bits per heavy atom. The highest BCUT2D eigenvalue weighted by Gasteiger charge is 2.12. The van der Waals surface area contributed by atoms with Gasteiger partial charge in [-0.1, -0.05) is 30.3 Å². The number of aromatic amines is 1. The van der Waals surface area contributed by atoms with Gasteiger partial charge in [0.1, 0.15) is 17.4 Å². The summed E-state index contributed by atoms with van der Waals surface area (Å²) in [4.78, 5) is 19.0. The van der Waals surface area contributed by atoms with E-state index in [1.54, 1.807) is 31.5 Å². The maximum Gasteiger partial charge on any atom is 0.270 e. The van der Waals surface area contributed by atoms with E-state index in [4.69, 9.17) is 4.74 Å². The minimum absolute atomic E-state index is 0.0465. The van der Waals surface area contributed by atoms with Gasteiger partial charge in [-0.05, 0) is 39.7 Å². The zero-order valence-corrected chi connectivity index (χ0v) is 15.8. The van der Waals surface area contributed by atoms with Crippen molar-refractivity contribution in [1.82, 2.24) is 9.97 Å². The van der Waals surface area contributed by atoms with Gasteiger partial charge in [0.05, 0.1) is 23.5 Å². The van der Waals surface area contributed by atoms with Crippen molar-refractivity contribution in [3.8, 4) is 23.1 Å². The lowest BCUT2D eigenvalue weighted by Gasteiger charge is -2.06. The van der Waals surface area contributed by atoms with Crippen molar-refractivity contribution in [2.45, 2.75) is 0 Å². The summed E-state index contributed by atoms with van der Waals surface area (Å²) in [6.07, 6.45) is 1.57. The van der Waals surface area contributed by atoms with Gasteiger partial charge in [0, 0.05) is 5.56 Å². The first-order valence-electron chi connectivity index (χ1n) is 7.85. The van der Waals surface area contributed by atoms with Gasteiger partial charge in [-0.25, -0.2) is 10.4 Å². The fraction of sp³-hybridized carbons (Fsp3) is 0.0526. The third-order valence-electron chi connectivity index (χ3n) is 3.64. The Kier molecular flexibility index (Phi) is 5.64. The number of anilines is 1. The molecule has 134 valence electrons. The number of ether oxygens (including phenoxy) is 1. The second-order valence-electron chi connectivity index (χ2n) is 5.38. The highest BCUT2D eigenvalue weighted by Crippen LogP contribution is 2.25. The quantitative estimate of drug-likeness (QED) is 0.482. The first kappa shape index (κ1) is 18.4.